The molecular formula is C11H11FO2S2. The molecule has 0 aliphatic heterocycles. The highest BCUT2D eigenvalue weighted by Gasteiger charge is 2.11. The van der Waals surface area contributed by atoms with E-state index in [9.17, 15) is 13.7 Å². The predicted octanol–water partition coefficient (Wildman–Crippen LogP) is 2.59. The Morgan fingerprint density at radius 3 is 2.44 bits per heavy atom. The van der Waals surface area contributed by atoms with E-state index in [1.165, 1.54) is 48.4 Å². The van der Waals surface area contributed by atoms with Gasteiger partial charge in [0.15, 0.2) is 10.0 Å². The fourth-order valence-electron chi connectivity index (χ4n) is 1.06. The monoisotopic (exact) mass is 258 g/mol. The maximum absolute atomic E-state index is 12.6. The van der Waals surface area contributed by atoms with Gasteiger partial charge in [-0.3, -0.25) is 4.79 Å². The summed E-state index contributed by atoms with van der Waals surface area (Å²) in [6.07, 6.45) is 4.60. The Kier molecular flexibility index (Phi) is 5.05. The fourth-order valence-corrected chi connectivity index (χ4v) is 2.50. The predicted molar refractivity (Wildman–Crippen MR) is 66.4 cm³/mol. The molecule has 0 aliphatic carbocycles. The highest BCUT2D eigenvalue weighted by molar-refractivity contribution is 8.18. The third-order valence-corrected chi connectivity index (χ3v) is 4.27. The first-order chi connectivity index (χ1) is 7.54. The lowest BCUT2D eigenvalue weighted by Crippen LogP contribution is -2.02. The quantitative estimate of drug-likeness (QED) is 0.473. The van der Waals surface area contributed by atoms with Gasteiger partial charge in [0.25, 0.3) is 0 Å². The number of carbonyl (C=O) groups excluding carboxylic acids is 1. The Labute approximate surface area is 101 Å². The van der Waals surface area contributed by atoms with Crippen molar-refractivity contribution in [2.24, 2.45) is 0 Å². The Morgan fingerprint density at radius 2 is 2.00 bits per heavy atom. The molecule has 5 heteroatoms. The van der Waals surface area contributed by atoms with Crippen LogP contribution in [0.25, 0.3) is 0 Å². The van der Waals surface area contributed by atoms with E-state index in [0.29, 0.717) is 9.80 Å². The first-order valence-electron chi connectivity index (χ1n) is 4.43. The van der Waals surface area contributed by atoms with Gasteiger partial charge in [0.05, 0.1) is 0 Å². The van der Waals surface area contributed by atoms with Gasteiger partial charge in [-0.05, 0) is 41.7 Å². The molecule has 0 aliphatic rings. The van der Waals surface area contributed by atoms with Crippen molar-refractivity contribution in [2.45, 2.75) is 0 Å². The van der Waals surface area contributed by atoms with E-state index in [-0.39, 0.29) is 11.6 Å². The maximum Gasteiger partial charge on any atom is 0.191 e. The minimum atomic E-state index is -1.17. The average Bonchev–Trinajstić information content (AvgIpc) is 2.26. The number of hydrogen-bond acceptors (Lipinski definition) is 3. The Hall–Kier alpha value is -0.780. The minimum Gasteiger partial charge on any atom is -0.611 e. The average molecular weight is 258 g/mol. The number of carbonyl (C=O) groups is 1. The summed E-state index contributed by atoms with van der Waals surface area (Å²) in [6.45, 7) is 0. The normalized spacial score (nSPS) is 13.6. The molecule has 1 aromatic carbocycles. The molecular weight excluding hydrogens is 247 g/mol. The number of thioether (sulfide) groups is 1. The van der Waals surface area contributed by atoms with Crippen molar-refractivity contribution < 1.29 is 13.7 Å². The highest BCUT2D eigenvalue weighted by Crippen LogP contribution is 2.19. The highest BCUT2D eigenvalue weighted by atomic mass is 32.3. The van der Waals surface area contributed by atoms with Crippen LogP contribution >= 0.6 is 11.8 Å². The third kappa shape index (κ3) is 3.66. The van der Waals surface area contributed by atoms with Gasteiger partial charge in [0.2, 0.25) is 0 Å². The zero-order chi connectivity index (χ0) is 12.1. The van der Waals surface area contributed by atoms with E-state index in [1.54, 1.807) is 6.26 Å². The van der Waals surface area contributed by atoms with Crippen LogP contribution in [0.3, 0.4) is 0 Å². The number of allylic oxidation sites excluding steroid dienone is 1. The molecule has 16 heavy (non-hydrogen) atoms. The van der Waals surface area contributed by atoms with E-state index in [0.717, 1.165) is 0 Å². The second kappa shape index (κ2) is 6.08. The molecule has 0 amide bonds. The molecule has 0 bridgehead atoms. The summed E-state index contributed by atoms with van der Waals surface area (Å²) in [5.41, 5.74) is 0.387. The Balaban J connectivity index is 2.90. The number of ketones is 1. The smallest absolute Gasteiger partial charge is 0.191 e. The summed E-state index contributed by atoms with van der Waals surface area (Å²) < 4.78 is 24.3. The molecule has 2 nitrogen and oxygen atoms in total. The fraction of sp³-hybridized carbons (Fsp3) is 0.182. The lowest BCUT2D eigenvalue weighted by Gasteiger charge is -2.05. The molecule has 86 valence electrons. The second-order valence-electron chi connectivity index (χ2n) is 2.99. The molecule has 0 aromatic heterocycles. The van der Waals surface area contributed by atoms with Crippen LogP contribution in [-0.4, -0.2) is 22.8 Å². The van der Waals surface area contributed by atoms with Crippen LogP contribution < -0.4 is 0 Å². The summed E-state index contributed by atoms with van der Waals surface area (Å²) in [5, 5.41) is 0. The van der Waals surface area contributed by atoms with Crippen molar-refractivity contribution in [3.05, 3.63) is 46.0 Å². The summed E-state index contributed by atoms with van der Waals surface area (Å²) in [5.74, 6) is -0.649. The van der Waals surface area contributed by atoms with Gasteiger partial charge in [-0.15, -0.1) is 0 Å². The molecule has 0 radical (unpaired) electrons. The molecule has 0 saturated carbocycles. The molecule has 0 heterocycles. The van der Waals surface area contributed by atoms with Crippen LogP contribution in [0.15, 0.2) is 34.6 Å². The van der Waals surface area contributed by atoms with Gasteiger partial charge in [0.1, 0.15) is 12.1 Å². The van der Waals surface area contributed by atoms with E-state index < -0.39 is 11.2 Å². The summed E-state index contributed by atoms with van der Waals surface area (Å²) in [4.78, 5) is 11.7. The summed E-state index contributed by atoms with van der Waals surface area (Å²) >= 11 is 0.0973. The van der Waals surface area contributed by atoms with Crippen molar-refractivity contribution in [2.75, 3.05) is 12.5 Å². The van der Waals surface area contributed by atoms with Gasteiger partial charge in [-0.2, -0.15) is 0 Å². The van der Waals surface area contributed by atoms with E-state index >= 15 is 0 Å². The van der Waals surface area contributed by atoms with Crippen LogP contribution in [0.5, 0.6) is 0 Å². The van der Waals surface area contributed by atoms with Crippen LogP contribution in [-0.2, 0) is 11.2 Å². The van der Waals surface area contributed by atoms with Crippen molar-refractivity contribution in [3.63, 3.8) is 0 Å². The van der Waals surface area contributed by atoms with Gasteiger partial charge in [0, 0.05) is 11.6 Å². The van der Waals surface area contributed by atoms with Crippen molar-refractivity contribution in [1.29, 1.82) is 0 Å². The minimum absolute atomic E-state index is 0.264. The van der Waals surface area contributed by atoms with Gasteiger partial charge < -0.3 is 4.55 Å². The molecule has 1 atom stereocenters. The first kappa shape index (κ1) is 13.3. The van der Waals surface area contributed by atoms with E-state index in [1.807, 2.05) is 0 Å². The first-order valence-corrected chi connectivity index (χ1v) is 7.22. The lowest BCUT2D eigenvalue weighted by atomic mass is 10.1. The largest absolute Gasteiger partial charge is 0.611 e. The zero-order valence-electron chi connectivity index (χ0n) is 8.90. The SMILES string of the molecule is CSC(=CC(=O)c1ccc(F)cc1)[S+](C)[O-]. The number of benzene rings is 1. The number of halogens is 1. The topological polar surface area (TPSA) is 40.1 Å². The summed E-state index contributed by atoms with van der Waals surface area (Å²) in [7, 11) is 0. The van der Waals surface area contributed by atoms with Crippen LogP contribution in [0.1, 0.15) is 10.4 Å². The summed E-state index contributed by atoms with van der Waals surface area (Å²) in [6, 6.07) is 5.26. The Bertz CT molecular complexity index is 399. The second-order valence-corrected chi connectivity index (χ2v) is 5.45. The van der Waals surface area contributed by atoms with Gasteiger partial charge in [-0.1, -0.05) is 11.8 Å². The molecule has 1 unspecified atom stereocenters. The lowest BCUT2D eigenvalue weighted by molar-refractivity contribution is 0.104. The maximum atomic E-state index is 12.6. The van der Waals surface area contributed by atoms with E-state index in [4.69, 9.17) is 0 Å². The molecule has 1 rings (SSSR count). The molecule has 0 saturated heterocycles. The molecule has 0 N–H and O–H groups in total. The zero-order valence-corrected chi connectivity index (χ0v) is 10.5. The van der Waals surface area contributed by atoms with Crippen molar-refractivity contribution >= 4 is 28.7 Å². The molecule has 0 spiro atoms. The van der Waals surface area contributed by atoms with Gasteiger partial charge >= 0.3 is 0 Å². The third-order valence-electron chi connectivity index (χ3n) is 1.86. The van der Waals surface area contributed by atoms with Crippen LogP contribution in [0.2, 0.25) is 0 Å². The standard InChI is InChI=1S/C11H11FO2S2/c1-15-11(16(2)14)7-10(13)8-3-5-9(12)6-4-8/h3-7H,1-2H3. The Morgan fingerprint density at radius 1 is 1.44 bits per heavy atom. The van der Waals surface area contributed by atoms with Crippen LogP contribution in [0, 0.1) is 5.82 Å². The number of rotatable bonds is 4. The molecule has 0 fully saturated rings. The van der Waals surface area contributed by atoms with Gasteiger partial charge in [-0.25, -0.2) is 4.39 Å². The van der Waals surface area contributed by atoms with Crippen LogP contribution in [0.4, 0.5) is 4.39 Å². The molecule has 1 aromatic rings. The van der Waals surface area contributed by atoms with Crippen molar-refractivity contribution in [1.82, 2.24) is 0 Å². The van der Waals surface area contributed by atoms with Crippen molar-refractivity contribution in [3.8, 4) is 0 Å². The van der Waals surface area contributed by atoms with E-state index in [2.05, 4.69) is 0 Å². The number of hydrogen-bond donors (Lipinski definition) is 0.